The van der Waals surface area contributed by atoms with E-state index >= 15 is 0 Å². The Morgan fingerprint density at radius 2 is 2.03 bits per heavy atom. The van der Waals surface area contributed by atoms with Crippen molar-refractivity contribution in [3.63, 3.8) is 0 Å². The molecule has 158 valence electrons. The molecule has 0 amide bonds. The van der Waals surface area contributed by atoms with Crippen molar-refractivity contribution in [2.45, 2.75) is 29.7 Å². The molecule has 1 aliphatic heterocycles. The molecule has 0 aliphatic carbocycles. The first-order valence-corrected chi connectivity index (χ1v) is 12.1. The van der Waals surface area contributed by atoms with Gasteiger partial charge in [-0.2, -0.15) is 14.1 Å². The van der Waals surface area contributed by atoms with Gasteiger partial charge in [0.25, 0.3) is 5.91 Å². The Morgan fingerprint density at radius 1 is 1.30 bits per heavy atom. The molecule has 10 heteroatoms. The SMILES string of the molecule is CC1C(c2cc(SCc3ccc(F)cc3)n(C(=O)c3ccoc3)n2)CN1S(C)(=O)=O. The van der Waals surface area contributed by atoms with E-state index < -0.39 is 10.0 Å². The lowest BCUT2D eigenvalue weighted by atomic mass is 9.90. The number of nitrogens with zero attached hydrogens (tertiary/aromatic N) is 3. The summed E-state index contributed by atoms with van der Waals surface area (Å²) in [6.45, 7) is 2.16. The van der Waals surface area contributed by atoms with Gasteiger partial charge < -0.3 is 4.42 Å². The van der Waals surface area contributed by atoms with Gasteiger partial charge in [0.2, 0.25) is 10.0 Å². The summed E-state index contributed by atoms with van der Waals surface area (Å²) in [4.78, 5) is 12.9. The van der Waals surface area contributed by atoms with Crippen LogP contribution in [0.15, 0.2) is 58.4 Å². The van der Waals surface area contributed by atoms with Gasteiger partial charge in [0.05, 0.1) is 23.8 Å². The zero-order valence-electron chi connectivity index (χ0n) is 16.4. The van der Waals surface area contributed by atoms with Crippen LogP contribution in [0.3, 0.4) is 0 Å². The number of hydrogen-bond acceptors (Lipinski definition) is 6. The van der Waals surface area contributed by atoms with Crippen LogP contribution in [-0.4, -0.2) is 47.3 Å². The van der Waals surface area contributed by atoms with Crippen molar-refractivity contribution in [2.75, 3.05) is 12.8 Å². The first kappa shape index (κ1) is 20.8. The summed E-state index contributed by atoms with van der Waals surface area (Å²) in [7, 11) is -3.28. The maximum atomic E-state index is 13.1. The van der Waals surface area contributed by atoms with Crippen LogP contribution in [0.2, 0.25) is 0 Å². The number of carbonyl (C=O) groups excluding carboxylic acids is 1. The van der Waals surface area contributed by atoms with Crippen molar-refractivity contribution in [3.05, 3.63) is 71.6 Å². The van der Waals surface area contributed by atoms with E-state index in [-0.39, 0.29) is 23.7 Å². The number of furan rings is 1. The summed E-state index contributed by atoms with van der Waals surface area (Å²) in [6.07, 6.45) is 3.96. The van der Waals surface area contributed by atoms with Gasteiger partial charge >= 0.3 is 0 Å². The number of thioether (sulfide) groups is 1. The first-order chi connectivity index (χ1) is 14.2. The second-order valence-electron chi connectivity index (χ2n) is 7.23. The minimum atomic E-state index is -3.28. The molecule has 3 aromatic rings. The zero-order chi connectivity index (χ0) is 21.5. The third kappa shape index (κ3) is 4.07. The molecule has 0 spiro atoms. The van der Waals surface area contributed by atoms with E-state index in [1.54, 1.807) is 18.2 Å². The highest BCUT2D eigenvalue weighted by Gasteiger charge is 2.43. The molecular formula is C20H20FN3O4S2. The smallest absolute Gasteiger partial charge is 0.282 e. The van der Waals surface area contributed by atoms with Gasteiger partial charge in [-0.25, -0.2) is 12.8 Å². The maximum absolute atomic E-state index is 13.1. The van der Waals surface area contributed by atoms with E-state index in [1.807, 2.05) is 13.0 Å². The zero-order valence-corrected chi connectivity index (χ0v) is 18.0. The Balaban J connectivity index is 1.60. The quantitative estimate of drug-likeness (QED) is 0.537. The number of hydrogen-bond donors (Lipinski definition) is 0. The van der Waals surface area contributed by atoms with Crippen LogP contribution >= 0.6 is 11.8 Å². The lowest BCUT2D eigenvalue weighted by Crippen LogP contribution is -2.55. The second-order valence-corrected chi connectivity index (χ2v) is 10.2. The fraction of sp³-hybridized carbons (Fsp3) is 0.300. The van der Waals surface area contributed by atoms with E-state index in [0.29, 0.717) is 28.6 Å². The number of benzene rings is 1. The largest absolute Gasteiger partial charge is 0.472 e. The molecule has 7 nitrogen and oxygen atoms in total. The number of halogens is 1. The summed E-state index contributed by atoms with van der Waals surface area (Å²) in [6, 6.07) is 9.33. The average Bonchev–Trinajstić information content (AvgIpc) is 3.35. The van der Waals surface area contributed by atoms with Crippen molar-refractivity contribution >= 4 is 27.7 Å². The molecule has 30 heavy (non-hydrogen) atoms. The number of carbonyl (C=O) groups is 1. The molecule has 0 radical (unpaired) electrons. The van der Waals surface area contributed by atoms with E-state index in [4.69, 9.17) is 4.42 Å². The van der Waals surface area contributed by atoms with Gasteiger partial charge in [0.15, 0.2) is 0 Å². The van der Waals surface area contributed by atoms with Gasteiger partial charge in [-0.1, -0.05) is 12.1 Å². The van der Waals surface area contributed by atoms with Gasteiger partial charge in [-0.3, -0.25) is 4.79 Å². The highest BCUT2D eigenvalue weighted by atomic mass is 32.2. The standard InChI is InChI=1S/C20H20FN3O4S2/c1-13-17(10-23(13)30(2,26)27)18-9-19(29-12-14-3-5-16(21)6-4-14)24(22-18)20(25)15-7-8-28-11-15/h3-9,11,13,17H,10,12H2,1-2H3. The molecule has 1 saturated heterocycles. The molecule has 2 unspecified atom stereocenters. The van der Waals surface area contributed by atoms with Gasteiger partial charge in [-0.05, 0) is 36.8 Å². The third-order valence-corrected chi connectivity index (χ3v) is 7.57. The molecule has 2 aromatic heterocycles. The Bertz CT molecular complexity index is 1160. The van der Waals surface area contributed by atoms with Crippen molar-refractivity contribution in [2.24, 2.45) is 0 Å². The van der Waals surface area contributed by atoms with Crippen LogP contribution in [0.5, 0.6) is 0 Å². The van der Waals surface area contributed by atoms with Crippen LogP contribution < -0.4 is 0 Å². The fourth-order valence-electron chi connectivity index (χ4n) is 3.41. The fourth-order valence-corrected chi connectivity index (χ4v) is 5.55. The van der Waals surface area contributed by atoms with Gasteiger partial charge in [-0.15, -0.1) is 11.8 Å². The number of rotatable bonds is 6. The Kier molecular flexibility index (Phi) is 5.56. The Labute approximate surface area is 177 Å². The van der Waals surface area contributed by atoms with Crippen LogP contribution in [0.1, 0.15) is 34.5 Å². The highest BCUT2D eigenvalue weighted by molar-refractivity contribution is 7.98. The molecule has 1 aliphatic rings. The molecule has 2 atom stereocenters. The van der Waals surface area contributed by atoms with Crippen LogP contribution in [0, 0.1) is 5.82 Å². The summed E-state index contributed by atoms with van der Waals surface area (Å²) in [5.74, 6) is -0.202. The third-order valence-electron chi connectivity index (χ3n) is 5.18. The highest BCUT2D eigenvalue weighted by Crippen LogP contribution is 2.37. The summed E-state index contributed by atoms with van der Waals surface area (Å²) in [5, 5.41) is 5.13. The van der Waals surface area contributed by atoms with Gasteiger partial charge in [0.1, 0.15) is 17.1 Å². The van der Waals surface area contributed by atoms with E-state index in [0.717, 1.165) is 5.56 Å². The molecule has 3 heterocycles. The topological polar surface area (TPSA) is 85.4 Å². The van der Waals surface area contributed by atoms with Crippen LogP contribution in [0.4, 0.5) is 4.39 Å². The first-order valence-electron chi connectivity index (χ1n) is 9.25. The normalized spacial score (nSPS) is 19.6. The Hall–Kier alpha value is -2.43. The summed E-state index contributed by atoms with van der Waals surface area (Å²) >= 11 is 1.41. The van der Waals surface area contributed by atoms with E-state index in [9.17, 15) is 17.6 Å². The predicted octanol–water partition coefficient (Wildman–Crippen LogP) is 3.34. The minimum Gasteiger partial charge on any atom is -0.472 e. The lowest BCUT2D eigenvalue weighted by molar-refractivity contribution is 0.0931. The van der Waals surface area contributed by atoms with Crippen molar-refractivity contribution < 1.29 is 22.0 Å². The molecule has 0 saturated carbocycles. The summed E-state index contributed by atoms with van der Waals surface area (Å²) < 4.78 is 44.6. The van der Waals surface area contributed by atoms with Crippen molar-refractivity contribution in [1.29, 1.82) is 0 Å². The molecule has 0 bridgehead atoms. The van der Waals surface area contributed by atoms with E-state index in [2.05, 4.69) is 5.10 Å². The molecule has 1 aromatic carbocycles. The number of aromatic nitrogens is 2. The minimum absolute atomic E-state index is 0.0942. The maximum Gasteiger partial charge on any atom is 0.282 e. The Morgan fingerprint density at radius 3 is 2.63 bits per heavy atom. The van der Waals surface area contributed by atoms with Crippen molar-refractivity contribution in [1.82, 2.24) is 14.1 Å². The molecular weight excluding hydrogens is 429 g/mol. The average molecular weight is 450 g/mol. The van der Waals surface area contributed by atoms with Crippen LogP contribution in [-0.2, 0) is 15.8 Å². The number of sulfonamides is 1. The monoisotopic (exact) mass is 449 g/mol. The molecule has 0 N–H and O–H groups in total. The van der Waals surface area contributed by atoms with Crippen LogP contribution in [0.25, 0.3) is 0 Å². The molecule has 1 fully saturated rings. The summed E-state index contributed by atoms with van der Waals surface area (Å²) in [5.41, 5.74) is 1.94. The second kappa shape index (κ2) is 8.01. The predicted molar refractivity (Wildman–Crippen MR) is 110 cm³/mol. The van der Waals surface area contributed by atoms with Crippen molar-refractivity contribution in [3.8, 4) is 0 Å². The lowest BCUT2D eigenvalue weighted by Gasteiger charge is -2.43. The van der Waals surface area contributed by atoms with Gasteiger partial charge in [0, 0.05) is 24.3 Å². The van der Waals surface area contributed by atoms with E-state index in [1.165, 1.54) is 51.7 Å². The molecule has 4 rings (SSSR count).